The molecule has 0 bridgehead atoms. The molecule has 0 aromatic carbocycles. The van der Waals surface area contributed by atoms with Crippen molar-refractivity contribution in [2.75, 3.05) is 11.9 Å². The van der Waals surface area contributed by atoms with Crippen molar-refractivity contribution in [3.8, 4) is 0 Å². The second kappa shape index (κ2) is 7.36. The Bertz CT molecular complexity index is 499. The van der Waals surface area contributed by atoms with Crippen molar-refractivity contribution < 1.29 is 0 Å². The lowest BCUT2D eigenvalue weighted by Crippen LogP contribution is -2.01. The fourth-order valence-electron chi connectivity index (χ4n) is 1.47. The molecule has 0 aliphatic carbocycles. The lowest BCUT2D eigenvalue weighted by molar-refractivity contribution is 0.968. The number of rotatable bonds is 6. The van der Waals surface area contributed by atoms with Crippen LogP contribution in [0.5, 0.6) is 0 Å². The van der Waals surface area contributed by atoms with E-state index in [1.165, 1.54) is 5.56 Å². The van der Waals surface area contributed by atoms with Gasteiger partial charge in [0.2, 0.25) is 0 Å². The Balaban J connectivity index is 1.87. The van der Waals surface area contributed by atoms with Crippen molar-refractivity contribution in [2.24, 2.45) is 0 Å². The Morgan fingerprint density at radius 1 is 1.16 bits per heavy atom. The van der Waals surface area contributed by atoms with Crippen LogP contribution in [-0.2, 0) is 5.75 Å². The van der Waals surface area contributed by atoms with E-state index >= 15 is 0 Å². The maximum absolute atomic E-state index is 5.80. The smallest absolute Gasteiger partial charge is 0.125 e. The maximum atomic E-state index is 5.80. The number of anilines is 1. The van der Waals surface area contributed by atoms with Crippen LogP contribution in [0.1, 0.15) is 18.9 Å². The van der Waals surface area contributed by atoms with E-state index < -0.39 is 0 Å². The standard InChI is InChI=1S/C14H16ClN3S/c1-2-7-16-13-5-3-11(8-17-13)10-19-14-6-4-12(15)9-18-14/h3-6,8-9H,2,7,10H2,1H3,(H,16,17). The molecule has 0 aliphatic heterocycles. The molecule has 0 unspecified atom stereocenters. The molecule has 19 heavy (non-hydrogen) atoms. The van der Waals surface area contributed by atoms with Crippen molar-refractivity contribution >= 4 is 29.2 Å². The molecule has 0 amide bonds. The van der Waals surface area contributed by atoms with Gasteiger partial charge in [0.05, 0.1) is 10.0 Å². The number of halogens is 1. The Hall–Kier alpha value is -1.26. The lowest BCUT2D eigenvalue weighted by Gasteiger charge is -2.05. The van der Waals surface area contributed by atoms with E-state index in [0.717, 1.165) is 29.6 Å². The molecule has 2 aromatic rings. The van der Waals surface area contributed by atoms with Gasteiger partial charge in [-0.05, 0) is 30.2 Å². The Morgan fingerprint density at radius 2 is 2.05 bits per heavy atom. The van der Waals surface area contributed by atoms with Gasteiger partial charge in [-0.15, -0.1) is 11.8 Å². The van der Waals surface area contributed by atoms with E-state index in [0.29, 0.717) is 5.02 Å². The number of hydrogen-bond donors (Lipinski definition) is 1. The molecule has 0 atom stereocenters. The lowest BCUT2D eigenvalue weighted by atomic mass is 10.3. The first kappa shape index (κ1) is 14.2. The van der Waals surface area contributed by atoms with Crippen molar-refractivity contribution in [1.82, 2.24) is 9.97 Å². The molecular formula is C14H16ClN3S. The van der Waals surface area contributed by atoms with Gasteiger partial charge >= 0.3 is 0 Å². The van der Waals surface area contributed by atoms with E-state index in [4.69, 9.17) is 11.6 Å². The first-order valence-electron chi connectivity index (χ1n) is 6.21. The highest BCUT2D eigenvalue weighted by molar-refractivity contribution is 7.98. The largest absolute Gasteiger partial charge is 0.370 e. The summed E-state index contributed by atoms with van der Waals surface area (Å²) in [4.78, 5) is 8.63. The summed E-state index contributed by atoms with van der Waals surface area (Å²) in [6.45, 7) is 3.09. The zero-order valence-corrected chi connectivity index (χ0v) is 12.3. The number of nitrogens with zero attached hydrogens (tertiary/aromatic N) is 2. The molecule has 2 rings (SSSR count). The van der Waals surface area contributed by atoms with Gasteiger partial charge in [-0.2, -0.15) is 0 Å². The minimum absolute atomic E-state index is 0.664. The topological polar surface area (TPSA) is 37.8 Å². The predicted molar refractivity (Wildman–Crippen MR) is 81.8 cm³/mol. The SMILES string of the molecule is CCCNc1ccc(CSc2ccc(Cl)cn2)cn1. The number of hydrogen-bond acceptors (Lipinski definition) is 4. The summed E-state index contributed by atoms with van der Waals surface area (Å²) < 4.78 is 0. The van der Waals surface area contributed by atoms with Crippen molar-refractivity contribution in [3.05, 3.63) is 47.2 Å². The van der Waals surface area contributed by atoms with Crippen LogP contribution >= 0.6 is 23.4 Å². The molecule has 1 N–H and O–H groups in total. The van der Waals surface area contributed by atoms with Crippen LogP contribution in [0.3, 0.4) is 0 Å². The summed E-state index contributed by atoms with van der Waals surface area (Å²) in [5, 5.41) is 4.89. The number of nitrogens with one attached hydrogen (secondary N) is 1. The number of pyridine rings is 2. The maximum Gasteiger partial charge on any atom is 0.125 e. The highest BCUT2D eigenvalue weighted by Gasteiger charge is 1.99. The normalized spacial score (nSPS) is 10.4. The van der Waals surface area contributed by atoms with Crippen LogP contribution in [0.25, 0.3) is 0 Å². The average molecular weight is 294 g/mol. The zero-order valence-electron chi connectivity index (χ0n) is 10.8. The van der Waals surface area contributed by atoms with Gasteiger partial charge in [0.25, 0.3) is 0 Å². The Labute approximate surface area is 122 Å². The average Bonchev–Trinajstić information content (AvgIpc) is 2.46. The van der Waals surface area contributed by atoms with Crippen LogP contribution in [0.15, 0.2) is 41.7 Å². The van der Waals surface area contributed by atoms with Gasteiger partial charge in [-0.25, -0.2) is 9.97 Å². The summed E-state index contributed by atoms with van der Waals surface area (Å²) in [5.74, 6) is 1.79. The van der Waals surface area contributed by atoms with E-state index in [1.54, 1.807) is 18.0 Å². The van der Waals surface area contributed by atoms with Gasteiger partial charge < -0.3 is 5.32 Å². The highest BCUT2D eigenvalue weighted by atomic mass is 35.5. The Kier molecular flexibility index (Phi) is 5.48. The fourth-order valence-corrected chi connectivity index (χ4v) is 2.36. The van der Waals surface area contributed by atoms with Crippen molar-refractivity contribution in [3.63, 3.8) is 0 Å². The number of aromatic nitrogens is 2. The van der Waals surface area contributed by atoms with Gasteiger partial charge in [0.15, 0.2) is 0 Å². The molecule has 0 fully saturated rings. The molecule has 100 valence electrons. The van der Waals surface area contributed by atoms with Gasteiger partial charge in [0, 0.05) is 24.7 Å². The fraction of sp³-hybridized carbons (Fsp3) is 0.286. The Morgan fingerprint density at radius 3 is 2.68 bits per heavy atom. The molecule has 0 spiro atoms. The van der Waals surface area contributed by atoms with Gasteiger partial charge in [-0.1, -0.05) is 24.6 Å². The van der Waals surface area contributed by atoms with Gasteiger partial charge in [-0.3, -0.25) is 0 Å². The molecular weight excluding hydrogens is 278 g/mol. The van der Waals surface area contributed by atoms with Crippen molar-refractivity contribution in [1.29, 1.82) is 0 Å². The molecule has 0 aliphatic rings. The quantitative estimate of drug-likeness (QED) is 0.808. The van der Waals surface area contributed by atoms with Crippen LogP contribution in [0.4, 0.5) is 5.82 Å². The third kappa shape index (κ3) is 4.73. The minimum Gasteiger partial charge on any atom is -0.370 e. The second-order valence-electron chi connectivity index (χ2n) is 4.08. The molecule has 3 nitrogen and oxygen atoms in total. The van der Waals surface area contributed by atoms with Crippen LogP contribution < -0.4 is 5.32 Å². The first-order chi connectivity index (χ1) is 9.28. The summed E-state index contributed by atoms with van der Waals surface area (Å²) in [6.07, 6.45) is 4.67. The molecule has 5 heteroatoms. The molecule has 2 heterocycles. The molecule has 2 aromatic heterocycles. The van der Waals surface area contributed by atoms with Gasteiger partial charge in [0.1, 0.15) is 5.82 Å². The van der Waals surface area contributed by atoms with E-state index in [-0.39, 0.29) is 0 Å². The van der Waals surface area contributed by atoms with Crippen LogP contribution in [-0.4, -0.2) is 16.5 Å². The summed E-state index contributed by atoms with van der Waals surface area (Å²) >= 11 is 7.47. The second-order valence-corrected chi connectivity index (χ2v) is 5.51. The van der Waals surface area contributed by atoms with Crippen molar-refractivity contribution in [2.45, 2.75) is 24.1 Å². The van der Waals surface area contributed by atoms with E-state index in [1.807, 2.05) is 24.4 Å². The molecule has 0 radical (unpaired) electrons. The summed E-state index contributed by atoms with van der Waals surface area (Å²) in [7, 11) is 0. The third-order valence-electron chi connectivity index (χ3n) is 2.47. The zero-order chi connectivity index (χ0) is 13.5. The highest BCUT2D eigenvalue weighted by Crippen LogP contribution is 2.21. The minimum atomic E-state index is 0.664. The van der Waals surface area contributed by atoms with Crippen LogP contribution in [0, 0.1) is 0 Å². The van der Waals surface area contributed by atoms with E-state index in [2.05, 4.69) is 28.3 Å². The number of thioether (sulfide) groups is 1. The monoisotopic (exact) mass is 293 g/mol. The van der Waals surface area contributed by atoms with Crippen LogP contribution in [0.2, 0.25) is 5.02 Å². The summed E-state index contributed by atoms with van der Waals surface area (Å²) in [5.41, 5.74) is 1.18. The van der Waals surface area contributed by atoms with E-state index in [9.17, 15) is 0 Å². The predicted octanol–water partition coefficient (Wildman–Crippen LogP) is 4.24. The molecule has 0 saturated carbocycles. The summed E-state index contributed by atoms with van der Waals surface area (Å²) in [6, 6.07) is 7.89. The molecule has 0 saturated heterocycles. The third-order valence-corrected chi connectivity index (χ3v) is 3.71. The first-order valence-corrected chi connectivity index (χ1v) is 7.57.